The Labute approximate surface area is 117 Å². The van der Waals surface area contributed by atoms with Crippen molar-refractivity contribution >= 4 is 17.3 Å². The Kier molecular flexibility index (Phi) is 6.56. The number of allylic oxidation sites excluding steroid dienone is 2. The highest BCUT2D eigenvalue weighted by Crippen LogP contribution is 2.31. The third kappa shape index (κ3) is 3.65. The van der Waals surface area contributed by atoms with Gasteiger partial charge in [-0.05, 0) is 61.3 Å². The number of aryl methyl sites for hydroxylation is 1. The summed E-state index contributed by atoms with van der Waals surface area (Å²) < 4.78 is 0. The molecule has 18 heavy (non-hydrogen) atoms. The molecule has 1 rings (SSSR count). The molecule has 0 atom stereocenters. The first kappa shape index (κ1) is 15.4. The minimum absolute atomic E-state index is 1.14. The molecule has 100 valence electrons. The minimum Gasteiger partial charge on any atom is -0.130 e. The number of hydrogen-bond acceptors (Lipinski definition) is 1. The van der Waals surface area contributed by atoms with Gasteiger partial charge in [0.15, 0.2) is 0 Å². The monoisotopic (exact) mass is 262 g/mol. The van der Waals surface area contributed by atoms with E-state index in [4.69, 9.17) is 0 Å². The van der Waals surface area contributed by atoms with Crippen LogP contribution in [0.2, 0.25) is 0 Å². The zero-order chi connectivity index (χ0) is 13.5. The highest BCUT2D eigenvalue weighted by atomic mass is 32.2. The molecule has 1 aromatic carbocycles. The molecule has 0 aliphatic heterocycles. The molecule has 0 unspecified atom stereocenters. The fourth-order valence-corrected chi connectivity index (χ4v) is 2.97. The molecule has 0 saturated carbocycles. The topological polar surface area (TPSA) is 0 Å². The van der Waals surface area contributed by atoms with E-state index in [-0.39, 0.29) is 0 Å². The van der Waals surface area contributed by atoms with Crippen LogP contribution in [0.5, 0.6) is 0 Å². The van der Waals surface area contributed by atoms with Crippen LogP contribution < -0.4 is 0 Å². The number of rotatable bonds is 6. The fraction of sp³-hybridized carbons (Fsp3) is 0.529. The summed E-state index contributed by atoms with van der Waals surface area (Å²) in [6.45, 7) is 9.07. The molecule has 0 heterocycles. The van der Waals surface area contributed by atoms with Crippen molar-refractivity contribution in [2.45, 2.75) is 58.3 Å². The van der Waals surface area contributed by atoms with Crippen molar-refractivity contribution in [1.29, 1.82) is 0 Å². The summed E-state index contributed by atoms with van der Waals surface area (Å²) in [5, 5.41) is 0. The van der Waals surface area contributed by atoms with Crippen LogP contribution in [-0.2, 0) is 0 Å². The second kappa shape index (κ2) is 7.68. The predicted octanol–water partition coefficient (Wildman–Crippen LogP) is 6.09. The van der Waals surface area contributed by atoms with Crippen LogP contribution >= 0.6 is 11.8 Å². The van der Waals surface area contributed by atoms with Gasteiger partial charge in [0.25, 0.3) is 0 Å². The van der Waals surface area contributed by atoms with E-state index < -0.39 is 0 Å². The van der Waals surface area contributed by atoms with Gasteiger partial charge < -0.3 is 0 Å². The largest absolute Gasteiger partial charge is 0.130 e. The average molecular weight is 262 g/mol. The maximum absolute atomic E-state index is 2.37. The summed E-state index contributed by atoms with van der Waals surface area (Å²) in [5.41, 5.74) is 6.09. The third-order valence-electron chi connectivity index (χ3n) is 3.53. The van der Waals surface area contributed by atoms with Gasteiger partial charge in [-0.15, -0.1) is 11.8 Å². The summed E-state index contributed by atoms with van der Waals surface area (Å²) in [6.07, 6.45) is 6.95. The zero-order valence-corrected chi connectivity index (χ0v) is 13.3. The molecule has 0 radical (unpaired) electrons. The van der Waals surface area contributed by atoms with Crippen LogP contribution in [0.15, 0.2) is 28.7 Å². The van der Waals surface area contributed by atoms with E-state index in [0.717, 1.165) is 6.42 Å². The van der Waals surface area contributed by atoms with Gasteiger partial charge in [0, 0.05) is 4.90 Å². The molecule has 0 aromatic heterocycles. The van der Waals surface area contributed by atoms with Crippen molar-refractivity contribution in [2.24, 2.45) is 0 Å². The van der Waals surface area contributed by atoms with Crippen molar-refractivity contribution in [1.82, 2.24) is 0 Å². The Morgan fingerprint density at radius 3 is 2.33 bits per heavy atom. The second-order valence-electron chi connectivity index (χ2n) is 4.72. The first-order valence-electron chi connectivity index (χ1n) is 7.03. The molecule has 1 heteroatoms. The van der Waals surface area contributed by atoms with Crippen LogP contribution in [0.3, 0.4) is 0 Å². The Morgan fingerprint density at radius 2 is 1.83 bits per heavy atom. The van der Waals surface area contributed by atoms with Gasteiger partial charge in [-0.1, -0.05) is 38.8 Å². The molecular weight excluding hydrogens is 236 g/mol. The average Bonchev–Trinajstić information content (AvgIpc) is 2.40. The van der Waals surface area contributed by atoms with E-state index in [1.165, 1.54) is 35.3 Å². The van der Waals surface area contributed by atoms with Gasteiger partial charge in [0.1, 0.15) is 0 Å². The highest BCUT2D eigenvalue weighted by Gasteiger charge is 2.09. The molecule has 0 saturated heterocycles. The quantitative estimate of drug-likeness (QED) is 0.559. The van der Waals surface area contributed by atoms with Gasteiger partial charge in [0.2, 0.25) is 0 Å². The molecule has 0 fully saturated rings. The SMILES string of the molecule is CCC/C(CC)=C(\CC)c1cc(SC)ccc1C. The third-order valence-corrected chi connectivity index (χ3v) is 4.25. The Bertz CT molecular complexity index is 416. The van der Waals surface area contributed by atoms with Crippen molar-refractivity contribution in [3.05, 3.63) is 34.9 Å². The minimum atomic E-state index is 1.14. The molecule has 0 amide bonds. The van der Waals surface area contributed by atoms with Crippen LogP contribution in [0.4, 0.5) is 0 Å². The lowest BCUT2D eigenvalue weighted by Gasteiger charge is -2.16. The molecule has 0 N–H and O–H groups in total. The van der Waals surface area contributed by atoms with Crippen molar-refractivity contribution in [3.8, 4) is 0 Å². The first-order chi connectivity index (χ1) is 8.67. The highest BCUT2D eigenvalue weighted by molar-refractivity contribution is 7.98. The molecule has 1 aromatic rings. The summed E-state index contributed by atoms with van der Waals surface area (Å²) in [5.74, 6) is 0. The van der Waals surface area contributed by atoms with Crippen LogP contribution in [0.25, 0.3) is 5.57 Å². The van der Waals surface area contributed by atoms with Gasteiger partial charge in [-0.3, -0.25) is 0 Å². The van der Waals surface area contributed by atoms with E-state index in [0.29, 0.717) is 0 Å². The van der Waals surface area contributed by atoms with Gasteiger partial charge >= 0.3 is 0 Å². The summed E-state index contributed by atoms with van der Waals surface area (Å²) in [4.78, 5) is 1.37. The number of thioether (sulfide) groups is 1. The van der Waals surface area contributed by atoms with Crippen LogP contribution in [0, 0.1) is 6.92 Å². The Balaban J connectivity index is 3.30. The lowest BCUT2D eigenvalue weighted by atomic mass is 9.91. The van der Waals surface area contributed by atoms with E-state index in [1.807, 2.05) is 11.8 Å². The molecule has 0 spiro atoms. The van der Waals surface area contributed by atoms with Gasteiger partial charge in [-0.2, -0.15) is 0 Å². The summed E-state index contributed by atoms with van der Waals surface area (Å²) in [6, 6.07) is 6.85. The molecule has 0 bridgehead atoms. The van der Waals surface area contributed by atoms with Crippen molar-refractivity contribution in [2.75, 3.05) is 6.26 Å². The maximum Gasteiger partial charge on any atom is 0.00753 e. The Morgan fingerprint density at radius 1 is 1.11 bits per heavy atom. The number of hydrogen-bond donors (Lipinski definition) is 0. The zero-order valence-electron chi connectivity index (χ0n) is 12.5. The lowest BCUT2D eigenvalue weighted by molar-refractivity contribution is 0.854. The van der Waals surface area contributed by atoms with Crippen LogP contribution in [-0.4, -0.2) is 6.26 Å². The first-order valence-corrected chi connectivity index (χ1v) is 8.26. The van der Waals surface area contributed by atoms with E-state index >= 15 is 0 Å². The van der Waals surface area contributed by atoms with E-state index in [1.54, 1.807) is 11.1 Å². The fourth-order valence-electron chi connectivity index (χ4n) is 2.53. The lowest BCUT2D eigenvalue weighted by Crippen LogP contribution is -1.95. The van der Waals surface area contributed by atoms with Crippen LogP contribution in [0.1, 0.15) is 57.6 Å². The normalized spacial score (nSPS) is 12.5. The van der Waals surface area contributed by atoms with E-state index in [9.17, 15) is 0 Å². The van der Waals surface area contributed by atoms with Gasteiger partial charge in [-0.25, -0.2) is 0 Å². The van der Waals surface area contributed by atoms with Crippen molar-refractivity contribution in [3.63, 3.8) is 0 Å². The summed E-state index contributed by atoms with van der Waals surface area (Å²) >= 11 is 1.83. The summed E-state index contributed by atoms with van der Waals surface area (Å²) in [7, 11) is 0. The Hall–Kier alpha value is -0.690. The molecule has 0 nitrogen and oxygen atoms in total. The van der Waals surface area contributed by atoms with Gasteiger partial charge in [0.05, 0.1) is 0 Å². The predicted molar refractivity (Wildman–Crippen MR) is 85.4 cm³/mol. The molecule has 0 aliphatic carbocycles. The molecular formula is C17H26S. The number of benzene rings is 1. The standard InChI is InChI=1S/C17H26S/c1-6-9-14(7-2)16(8-3)17-12-15(18-5)11-10-13(17)4/h10-12H,6-9H2,1-5H3/b16-14+. The molecule has 0 aliphatic rings. The van der Waals surface area contributed by atoms with Crippen molar-refractivity contribution < 1.29 is 0 Å². The smallest absolute Gasteiger partial charge is 0.00753 e. The second-order valence-corrected chi connectivity index (χ2v) is 5.60. The van der Waals surface area contributed by atoms with E-state index in [2.05, 4.69) is 52.1 Å². The maximum atomic E-state index is 2.37.